The summed E-state index contributed by atoms with van der Waals surface area (Å²) in [6.07, 6.45) is 2.55. The Morgan fingerprint density at radius 2 is 2.00 bits per heavy atom. The molecular formula is C22H16N2O2. The van der Waals surface area contributed by atoms with Gasteiger partial charge in [0.05, 0.1) is 6.61 Å². The molecule has 26 heavy (non-hydrogen) atoms. The minimum absolute atomic E-state index is 0.144. The fourth-order valence-electron chi connectivity index (χ4n) is 2.78. The van der Waals surface area contributed by atoms with Crippen LogP contribution in [0.1, 0.15) is 27.2 Å². The predicted molar refractivity (Wildman–Crippen MR) is 100 cm³/mol. The van der Waals surface area contributed by atoms with Crippen molar-refractivity contribution in [1.29, 1.82) is 0 Å². The highest BCUT2D eigenvalue weighted by Gasteiger charge is 2.15. The van der Waals surface area contributed by atoms with Gasteiger partial charge in [-0.3, -0.25) is 4.79 Å². The normalized spacial score (nSPS) is 11.7. The van der Waals surface area contributed by atoms with E-state index >= 15 is 0 Å². The standard InChI is InChI=1S/C22H16N2O2/c25-22(18-8-10-21-17(15-18)11-13-26-21)24-20-6-3-4-16(14-20)7-9-19-5-1-2-12-23-19/h1-6,8,10,12,14-15H,11,13H2,(H,24,25). The van der Waals surface area contributed by atoms with E-state index in [1.54, 1.807) is 12.3 Å². The number of nitrogens with one attached hydrogen (secondary N) is 1. The van der Waals surface area contributed by atoms with Crippen LogP contribution in [-0.2, 0) is 6.42 Å². The van der Waals surface area contributed by atoms with Crippen LogP contribution in [0.5, 0.6) is 5.75 Å². The van der Waals surface area contributed by atoms with E-state index in [0.29, 0.717) is 23.6 Å². The zero-order valence-electron chi connectivity index (χ0n) is 14.0. The van der Waals surface area contributed by atoms with E-state index in [4.69, 9.17) is 4.74 Å². The number of ether oxygens (including phenoxy) is 1. The number of benzene rings is 2. The molecule has 0 spiro atoms. The summed E-state index contributed by atoms with van der Waals surface area (Å²) in [5, 5.41) is 2.92. The van der Waals surface area contributed by atoms with Gasteiger partial charge in [0.25, 0.3) is 5.91 Å². The highest BCUT2D eigenvalue weighted by molar-refractivity contribution is 6.04. The summed E-state index contributed by atoms with van der Waals surface area (Å²) in [5.41, 5.74) is 3.93. The first-order valence-electron chi connectivity index (χ1n) is 8.38. The number of nitrogens with zero attached hydrogens (tertiary/aromatic N) is 1. The molecule has 3 aromatic rings. The Kier molecular flexibility index (Phi) is 4.36. The molecule has 0 fully saturated rings. The number of carbonyl (C=O) groups excluding carboxylic acids is 1. The van der Waals surface area contributed by atoms with Gasteiger partial charge in [0, 0.05) is 29.4 Å². The van der Waals surface area contributed by atoms with E-state index in [0.717, 1.165) is 23.3 Å². The average Bonchev–Trinajstić information content (AvgIpc) is 3.15. The van der Waals surface area contributed by atoms with Crippen molar-refractivity contribution in [3.8, 4) is 17.6 Å². The highest BCUT2D eigenvalue weighted by atomic mass is 16.5. The second-order valence-corrected chi connectivity index (χ2v) is 5.92. The Morgan fingerprint density at radius 3 is 2.88 bits per heavy atom. The van der Waals surface area contributed by atoms with Gasteiger partial charge in [-0.15, -0.1) is 0 Å². The minimum atomic E-state index is -0.144. The van der Waals surface area contributed by atoms with Gasteiger partial charge in [0.2, 0.25) is 0 Å². The van der Waals surface area contributed by atoms with Crippen LogP contribution in [0.3, 0.4) is 0 Å². The van der Waals surface area contributed by atoms with Crippen LogP contribution in [0.25, 0.3) is 0 Å². The van der Waals surface area contributed by atoms with Gasteiger partial charge in [0.15, 0.2) is 0 Å². The van der Waals surface area contributed by atoms with E-state index in [-0.39, 0.29) is 5.91 Å². The first-order valence-corrected chi connectivity index (χ1v) is 8.38. The van der Waals surface area contributed by atoms with Crippen LogP contribution in [-0.4, -0.2) is 17.5 Å². The molecule has 0 radical (unpaired) electrons. The molecule has 1 aromatic heterocycles. The lowest BCUT2D eigenvalue weighted by molar-refractivity contribution is 0.102. The van der Waals surface area contributed by atoms with Gasteiger partial charge in [-0.05, 0) is 60.0 Å². The molecule has 0 saturated heterocycles. The van der Waals surface area contributed by atoms with Crippen molar-refractivity contribution in [2.45, 2.75) is 6.42 Å². The summed E-state index contributed by atoms with van der Waals surface area (Å²) < 4.78 is 5.48. The second kappa shape index (κ2) is 7.12. The van der Waals surface area contributed by atoms with Gasteiger partial charge < -0.3 is 10.1 Å². The predicted octanol–water partition coefficient (Wildman–Crippen LogP) is 3.67. The molecule has 2 aromatic carbocycles. The van der Waals surface area contributed by atoms with E-state index in [1.807, 2.05) is 54.6 Å². The maximum absolute atomic E-state index is 12.5. The molecule has 2 heterocycles. The molecule has 0 unspecified atom stereocenters. The molecule has 4 rings (SSSR count). The van der Waals surface area contributed by atoms with Crippen LogP contribution >= 0.6 is 0 Å². The summed E-state index contributed by atoms with van der Waals surface area (Å²) in [5.74, 6) is 6.81. The number of rotatable bonds is 2. The van der Waals surface area contributed by atoms with E-state index in [2.05, 4.69) is 22.1 Å². The molecule has 126 valence electrons. The molecule has 1 aliphatic heterocycles. The van der Waals surface area contributed by atoms with Crippen LogP contribution < -0.4 is 10.1 Å². The van der Waals surface area contributed by atoms with Gasteiger partial charge >= 0.3 is 0 Å². The SMILES string of the molecule is O=C(Nc1cccc(C#Cc2ccccn2)c1)c1ccc2c(c1)CCO2. The number of anilines is 1. The molecule has 1 aliphatic rings. The van der Waals surface area contributed by atoms with Crippen molar-refractivity contribution in [3.63, 3.8) is 0 Å². The zero-order valence-corrected chi connectivity index (χ0v) is 14.0. The molecular weight excluding hydrogens is 324 g/mol. The minimum Gasteiger partial charge on any atom is -0.493 e. The molecule has 4 heteroatoms. The van der Waals surface area contributed by atoms with Gasteiger partial charge in [-0.25, -0.2) is 4.98 Å². The fraction of sp³-hybridized carbons (Fsp3) is 0.0909. The molecule has 0 aliphatic carbocycles. The Bertz CT molecular complexity index is 1020. The number of aromatic nitrogens is 1. The Hall–Kier alpha value is -3.58. The third kappa shape index (κ3) is 3.57. The fourth-order valence-corrected chi connectivity index (χ4v) is 2.78. The Labute approximate surface area is 151 Å². The van der Waals surface area contributed by atoms with Crippen molar-refractivity contribution in [1.82, 2.24) is 4.98 Å². The summed E-state index contributed by atoms with van der Waals surface area (Å²) in [4.78, 5) is 16.7. The summed E-state index contributed by atoms with van der Waals surface area (Å²) >= 11 is 0. The Balaban J connectivity index is 1.50. The van der Waals surface area contributed by atoms with Crippen molar-refractivity contribution < 1.29 is 9.53 Å². The van der Waals surface area contributed by atoms with Crippen molar-refractivity contribution in [3.05, 3.63) is 89.2 Å². The number of hydrogen-bond acceptors (Lipinski definition) is 3. The quantitative estimate of drug-likeness (QED) is 0.724. The topological polar surface area (TPSA) is 51.2 Å². The number of amides is 1. The van der Waals surface area contributed by atoms with Crippen molar-refractivity contribution >= 4 is 11.6 Å². The zero-order chi connectivity index (χ0) is 17.8. The lowest BCUT2D eigenvalue weighted by atomic mass is 10.1. The van der Waals surface area contributed by atoms with E-state index < -0.39 is 0 Å². The molecule has 4 nitrogen and oxygen atoms in total. The smallest absolute Gasteiger partial charge is 0.255 e. The van der Waals surface area contributed by atoms with Crippen LogP contribution in [0.4, 0.5) is 5.69 Å². The Morgan fingerprint density at radius 1 is 1.04 bits per heavy atom. The van der Waals surface area contributed by atoms with Gasteiger partial charge in [-0.2, -0.15) is 0 Å². The molecule has 0 saturated carbocycles. The van der Waals surface area contributed by atoms with Crippen molar-refractivity contribution in [2.75, 3.05) is 11.9 Å². The largest absolute Gasteiger partial charge is 0.493 e. The monoisotopic (exact) mass is 340 g/mol. The number of pyridine rings is 1. The maximum Gasteiger partial charge on any atom is 0.255 e. The molecule has 1 N–H and O–H groups in total. The van der Waals surface area contributed by atoms with Crippen LogP contribution in [0, 0.1) is 11.8 Å². The average molecular weight is 340 g/mol. The summed E-state index contributed by atoms with van der Waals surface area (Å²) in [6.45, 7) is 0.678. The number of hydrogen-bond donors (Lipinski definition) is 1. The van der Waals surface area contributed by atoms with Gasteiger partial charge in [-0.1, -0.05) is 18.1 Å². The first kappa shape index (κ1) is 15.9. The third-order valence-corrected chi connectivity index (χ3v) is 4.07. The summed E-state index contributed by atoms with van der Waals surface area (Å²) in [7, 11) is 0. The van der Waals surface area contributed by atoms with E-state index in [9.17, 15) is 4.79 Å². The number of fused-ring (bicyclic) bond motifs is 1. The van der Waals surface area contributed by atoms with Gasteiger partial charge in [0.1, 0.15) is 11.4 Å². The lowest BCUT2D eigenvalue weighted by Gasteiger charge is -2.07. The molecule has 1 amide bonds. The maximum atomic E-state index is 12.5. The third-order valence-electron chi connectivity index (χ3n) is 4.07. The highest BCUT2D eigenvalue weighted by Crippen LogP contribution is 2.26. The molecule has 0 atom stereocenters. The van der Waals surface area contributed by atoms with E-state index in [1.165, 1.54) is 0 Å². The van der Waals surface area contributed by atoms with Crippen LogP contribution in [0.15, 0.2) is 66.9 Å². The van der Waals surface area contributed by atoms with Crippen molar-refractivity contribution in [2.24, 2.45) is 0 Å². The van der Waals surface area contributed by atoms with Crippen LogP contribution in [0.2, 0.25) is 0 Å². The first-order chi connectivity index (χ1) is 12.8. The number of carbonyl (C=O) groups is 1. The lowest BCUT2D eigenvalue weighted by Crippen LogP contribution is -2.12. The second-order valence-electron chi connectivity index (χ2n) is 5.92. The molecule has 0 bridgehead atoms. The summed E-state index contributed by atoms with van der Waals surface area (Å²) in [6, 6.07) is 18.6.